The van der Waals surface area contributed by atoms with Crippen molar-refractivity contribution in [3.8, 4) is 0 Å². The van der Waals surface area contributed by atoms with Crippen molar-refractivity contribution in [3.63, 3.8) is 0 Å². The van der Waals surface area contributed by atoms with Crippen LogP contribution in [0, 0.1) is 5.92 Å². The summed E-state index contributed by atoms with van der Waals surface area (Å²) < 4.78 is 11.4. The Balaban J connectivity index is 2.75. The number of halogens is 1. The number of rotatable bonds is 10. The molecule has 0 aliphatic carbocycles. The SMILES string of the molecule is CCNc1nc(CCOCCOC)nc(CC(C)C)c1Br. The smallest absolute Gasteiger partial charge is 0.144 e. The van der Waals surface area contributed by atoms with Crippen LogP contribution in [0.2, 0.25) is 0 Å². The Kier molecular flexibility index (Phi) is 8.80. The number of ether oxygens (including phenoxy) is 2. The number of methoxy groups -OCH3 is 1. The molecule has 0 saturated heterocycles. The molecule has 5 nitrogen and oxygen atoms in total. The molecule has 0 aliphatic rings. The Morgan fingerprint density at radius 2 is 1.95 bits per heavy atom. The Hall–Kier alpha value is -0.720. The summed E-state index contributed by atoms with van der Waals surface area (Å²) in [4.78, 5) is 9.23. The molecule has 0 aromatic carbocycles. The third-order valence-electron chi connectivity index (χ3n) is 2.81. The number of anilines is 1. The van der Waals surface area contributed by atoms with Crippen LogP contribution in [0.5, 0.6) is 0 Å². The van der Waals surface area contributed by atoms with Crippen LogP contribution in [-0.4, -0.2) is 43.4 Å². The molecule has 120 valence electrons. The summed E-state index contributed by atoms with van der Waals surface area (Å²) in [6.07, 6.45) is 1.64. The van der Waals surface area contributed by atoms with E-state index in [4.69, 9.17) is 9.47 Å². The van der Waals surface area contributed by atoms with Gasteiger partial charge in [-0.2, -0.15) is 0 Å². The molecular weight excluding hydrogens is 334 g/mol. The van der Waals surface area contributed by atoms with Gasteiger partial charge < -0.3 is 14.8 Å². The summed E-state index contributed by atoms with van der Waals surface area (Å²) >= 11 is 3.61. The van der Waals surface area contributed by atoms with E-state index in [1.807, 2.05) is 0 Å². The summed E-state index contributed by atoms with van der Waals surface area (Å²) in [6, 6.07) is 0. The maximum absolute atomic E-state index is 5.49. The summed E-state index contributed by atoms with van der Waals surface area (Å²) in [6.45, 7) is 9.10. The van der Waals surface area contributed by atoms with Gasteiger partial charge >= 0.3 is 0 Å². The van der Waals surface area contributed by atoms with Crippen LogP contribution in [0.3, 0.4) is 0 Å². The maximum atomic E-state index is 5.49. The first kappa shape index (κ1) is 18.3. The molecule has 0 saturated carbocycles. The van der Waals surface area contributed by atoms with Gasteiger partial charge in [-0.15, -0.1) is 0 Å². The third kappa shape index (κ3) is 6.72. The van der Waals surface area contributed by atoms with Crippen molar-refractivity contribution >= 4 is 21.7 Å². The second kappa shape index (κ2) is 10.1. The van der Waals surface area contributed by atoms with Gasteiger partial charge in [0.2, 0.25) is 0 Å². The van der Waals surface area contributed by atoms with Crippen LogP contribution in [-0.2, 0) is 22.3 Å². The first-order valence-corrected chi connectivity index (χ1v) is 8.23. The van der Waals surface area contributed by atoms with Crippen molar-refractivity contribution in [2.45, 2.75) is 33.6 Å². The lowest BCUT2D eigenvalue weighted by atomic mass is 10.1. The van der Waals surface area contributed by atoms with Gasteiger partial charge in [0.15, 0.2) is 0 Å². The Morgan fingerprint density at radius 3 is 2.57 bits per heavy atom. The van der Waals surface area contributed by atoms with Gasteiger partial charge in [0, 0.05) is 20.1 Å². The highest BCUT2D eigenvalue weighted by Crippen LogP contribution is 2.25. The highest BCUT2D eigenvalue weighted by atomic mass is 79.9. The molecule has 0 unspecified atom stereocenters. The van der Waals surface area contributed by atoms with E-state index < -0.39 is 0 Å². The maximum Gasteiger partial charge on any atom is 0.144 e. The largest absolute Gasteiger partial charge is 0.382 e. The fourth-order valence-electron chi connectivity index (χ4n) is 1.87. The minimum absolute atomic E-state index is 0.552. The fourth-order valence-corrected chi connectivity index (χ4v) is 2.35. The predicted molar refractivity (Wildman–Crippen MR) is 88.8 cm³/mol. The normalized spacial score (nSPS) is 11.1. The van der Waals surface area contributed by atoms with Gasteiger partial charge in [0.05, 0.1) is 30.0 Å². The van der Waals surface area contributed by atoms with E-state index in [1.54, 1.807) is 7.11 Å². The van der Waals surface area contributed by atoms with Crippen molar-refractivity contribution < 1.29 is 9.47 Å². The van der Waals surface area contributed by atoms with E-state index in [0.29, 0.717) is 32.2 Å². The number of nitrogens with zero attached hydrogens (tertiary/aromatic N) is 2. The van der Waals surface area contributed by atoms with Crippen molar-refractivity contribution in [3.05, 3.63) is 16.0 Å². The molecule has 1 aromatic heterocycles. The van der Waals surface area contributed by atoms with E-state index in [2.05, 4.69) is 52.0 Å². The minimum atomic E-state index is 0.552. The molecular formula is C15H26BrN3O2. The highest BCUT2D eigenvalue weighted by molar-refractivity contribution is 9.10. The summed E-state index contributed by atoms with van der Waals surface area (Å²) in [7, 11) is 1.67. The third-order valence-corrected chi connectivity index (χ3v) is 3.65. The Labute approximate surface area is 136 Å². The van der Waals surface area contributed by atoms with Crippen LogP contribution in [0.4, 0.5) is 5.82 Å². The number of hydrogen-bond donors (Lipinski definition) is 1. The van der Waals surface area contributed by atoms with Gasteiger partial charge in [-0.1, -0.05) is 13.8 Å². The molecule has 21 heavy (non-hydrogen) atoms. The lowest BCUT2D eigenvalue weighted by Gasteiger charge is -2.13. The first-order chi connectivity index (χ1) is 10.1. The van der Waals surface area contributed by atoms with Crippen molar-refractivity contribution in [2.75, 3.05) is 38.8 Å². The Morgan fingerprint density at radius 1 is 1.19 bits per heavy atom. The molecule has 0 radical (unpaired) electrons. The van der Waals surface area contributed by atoms with Gasteiger partial charge in [-0.3, -0.25) is 0 Å². The minimum Gasteiger partial charge on any atom is -0.382 e. The Bertz CT molecular complexity index is 428. The van der Waals surface area contributed by atoms with E-state index >= 15 is 0 Å². The summed E-state index contributed by atoms with van der Waals surface area (Å²) in [5, 5.41) is 3.28. The average Bonchev–Trinajstić information content (AvgIpc) is 2.43. The topological polar surface area (TPSA) is 56.3 Å². The standard InChI is InChI=1S/C15H26BrN3O2/c1-5-17-15-14(16)12(10-11(2)3)18-13(19-15)6-7-21-9-8-20-4/h11H,5-10H2,1-4H3,(H,17,18,19). The zero-order valence-corrected chi connectivity index (χ0v) is 15.0. The van der Waals surface area contributed by atoms with Crippen LogP contribution < -0.4 is 5.32 Å². The summed E-state index contributed by atoms with van der Waals surface area (Å²) in [5.41, 5.74) is 1.06. The van der Waals surface area contributed by atoms with E-state index in [0.717, 1.165) is 34.8 Å². The molecule has 0 bridgehead atoms. The van der Waals surface area contributed by atoms with Crippen LogP contribution in [0.1, 0.15) is 32.3 Å². The zero-order chi connectivity index (χ0) is 15.7. The van der Waals surface area contributed by atoms with Crippen molar-refractivity contribution in [1.29, 1.82) is 0 Å². The van der Waals surface area contributed by atoms with Gasteiger partial charge in [-0.05, 0) is 35.2 Å². The molecule has 0 spiro atoms. The average molecular weight is 360 g/mol. The lowest BCUT2D eigenvalue weighted by molar-refractivity contribution is 0.0716. The van der Waals surface area contributed by atoms with Gasteiger partial charge in [0.1, 0.15) is 11.6 Å². The second-order valence-corrected chi connectivity index (χ2v) is 6.03. The quantitative estimate of drug-likeness (QED) is 0.650. The second-order valence-electron chi connectivity index (χ2n) is 5.23. The number of nitrogens with one attached hydrogen (secondary N) is 1. The molecule has 1 rings (SSSR count). The lowest BCUT2D eigenvalue weighted by Crippen LogP contribution is -2.12. The van der Waals surface area contributed by atoms with Crippen LogP contribution >= 0.6 is 15.9 Å². The first-order valence-electron chi connectivity index (χ1n) is 7.44. The number of hydrogen-bond acceptors (Lipinski definition) is 5. The molecule has 0 fully saturated rings. The molecule has 0 aliphatic heterocycles. The summed E-state index contributed by atoms with van der Waals surface area (Å²) in [5.74, 6) is 2.24. The van der Waals surface area contributed by atoms with Crippen LogP contribution in [0.15, 0.2) is 4.47 Å². The molecule has 1 heterocycles. The monoisotopic (exact) mass is 359 g/mol. The van der Waals surface area contributed by atoms with E-state index in [1.165, 1.54) is 0 Å². The van der Waals surface area contributed by atoms with Crippen LogP contribution in [0.25, 0.3) is 0 Å². The molecule has 1 aromatic rings. The van der Waals surface area contributed by atoms with Gasteiger partial charge in [-0.25, -0.2) is 9.97 Å². The predicted octanol–water partition coefficient (Wildman–Crippen LogP) is 3.07. The molecule has 0 amide bonds. The van der Waals surface area contributed by atoms with Gasteiger partial charge in [0.25, 0.3) is 0 Å². The zero-order valence-electron chi connectivity index (χ0n) is 13.4. The van der Waals surface area contributed by atoms with E-state index in [9.17, 15) is 0 Å². The van der Waals surface area contributed by atoms with E-state index in [-0.39, 0.29) is 0 Å². The fraction of sp³-hybridized carbons (Fsp3) is 0.733. The molecule has 1 N–H and O–H groups in total. The number of aromatic nitrogens is 2. The molecule has 0 atom stereocenters. The van der Waals surface area contributed by atoms with Crippen molar-refractivity contribution in [2.24, 2.45) is 5.92 Å². The molecule has 6 heteroatoms. The highest BCUT2D eigenvalue weighted by Gasteiger charge is 2.13. The van der Waals surface area contributed by atoms with Crippen molar-refractivity contribution in [1.82, 2.24) is 9.97 Å².